The molecule has 0 aromatic carbocycles. The number of nitrogens with zero attached hydrogens (tertiary/aromatic N) is 2. The van der Waals surface area contributed by atoms with Crippen LogP contribution in [0.15, 0.2) is 6.20 Å². The van der Waals surface area contributed by atoms with Crippen LogP contribution in [0.5, 0.6) is 0 Å². The van der Waals surface area contributed by atoms with Gasteiger partial charge in [0.25, 0.3) is 0 Å². The molecule has 0 bridgehead atoms. The number of rotatable bonds is 5. The zero-order chi connectivity index (χ0) is 15.4. The van der Waals surface area contributed by atoms with Crippen LogP contribution in [0, 0.1) is 0 Å². The van der Waals surface area contributed by atoms with Gasteiger partial charge in [-0.15, -0.1) is 0 Å². The number of nitrogens with one attached hydrogen (secondary N) is 1. The monoisotopic (exact) mass is 307 g/mol. The highest BCUT2D eigenvalue weighted by molar-refractivity contribution is 5.03. The largest absolute Gasteiger partial charge is 0.390 e. The maximum Gasteiger partial charge on any atom is 0.106 e. The SMILES string of the molecule is CCCCc1ncc(CN2CCC3(CC2)OCCC[C@H]3O)[nH]1. The molecule has 1 spiro atoms. The minimum absolute atomic E-state index is 0.269. The first-order valence-electron chi connectivity index (χ1n) is 8.79. The molecule has 1 atom stereocenters. The van der Waals surface area contributed by atoms with Gasteiger partial charge in [-0.1, -0.05) is 13.3 Å². The summed E-state index contributed by atoms with van der Waals surface area (Å²) in [6.07, 6.45) is 8.87. The molecule has 0 amide bonds. The third-order valence-electron chi connectivity index (χ3n) is 5.16. The number of piperidine rings is 1. The summed E-state index contributed by atoms with van der Waals surface area (Å²) in [6.45, 7) is 5.90. The fourth-order valence-corrected chi connectivity index (χ4v) is 3.68. The summed E-state index contributed by atoms with van der Waals surface area (Å²) in [6, 6.07) is 0. The molecule has 2 aliphatic heterocycles. The number of ether oxygens (including phenoxy) is 1. The Hall–Kier alpha value is -0.910. The van der Waals surface area contributed by atoms with Crippen LogP contribution in [-0.2, 0) is 17.7 Å². The average molecular weight is 307 g/mol. The van der Waals surface area contributed by atoms with Crippen LogP contribution in [0.2, 0.25) is 0 Å². The summed E-state index contributed by atoms with van der Waals surface area (Å²) in [7, 11) is 0. The molecular formula is C17H29N3O2. The maximum atomic E-state index is 10.3. The van der Waals surface area contributed by atoms with E-state index in [9.17, 15) is 5.11 Å². The van der Waals surface area contributed by atoms with Crippen LogP contribution in [0.25, 0.3) is 0 Å². The van der Waals surface area contributed by atoms with Crippen LogP contribution in [0.3, 0.4) is 0 Å². The first-order valence-corrected chi connectivity index (χ1v) is 8.79. The highest BCUT2D eigenvalue weighted by Gasteiger charge is 2.43. The number of aromatic nitrogens is 2. The summed E-state index contributed by atoms with van der Waals surface area (Å²) < 4.78 is 5.97. The Morgan fingerprint density at radius 2 is 2.27 bits per heavy atom. The van der Waals surface area contributed by atoms with Crippen molar-refractivity contribution in [2.45, 2.75) is 70.1 Å². The van der Waals surface area contributed by atoms with Crippen LogP contribution in [0.1, 0.15) is 57.0 Å². The second-order valence-corrected chi connectivity index (χ2v) is 6.81. The molecule has 3 rings (SSSR count). The van der Waals surface area contributed by atoms with Gasteiger partial charge in [0.05, 0.1) is 11.7 Å². The molecular weight excluding hydrogens is 278 g/mol. The standard InChI is InChI=1S/C17H29N3O2/c1-2-3-6-16-18-12-14(19-16)13-20-9-7-17(8-10-20)15(21)5-4-11-22-17/h12,15,21H,2-11,13H2,1H3,(H,18,19)/t15-/m1/s1. The lowest BCUT2D eigenvalue weighted by Gasteiger charge is -2.46. The maximum absolute atomic E-state index is 10.3. The molecule has 2 aliphatic rings. The summed E-state index contributed by atoms with van der Waals surface area (Å²) in [5, 5.41) is 10.3. The number of aromatic amines is 1. The molecule has 5 nitrogen and oxygen atoms in total. The number of imidazole rings is 1. The average Bonchev–Trinajstić information content (AvgIpc) is 2.98. The van der Waals surface area contributed by atoms with E-state index in [2.05, 4.69) is 21.8 Å². The fourth-order valence-electron chi connectivity index (χ4n) is 3.68. The van der Waals surface area contributed by atoms with Gasteiger partial charge in [-0.3, -0.25) is 4.90 Å². The van der Waals surface area contributed by atoms with Crippen molar-refractivity contribution in [3.05, 3.63) is 17.7 Å². The number of likely N-dealkylation sites (tertiary alicyclic amines) is 1. The van der Waals surface area contributed by atoms with E-state index in [-0.39, 0.29) is 11.7 Å². The highest BCUT2D eigenvalue weighted by atomic mass is 16.5. The molecule has 0 radical (unpaired) electrons. The predicted octanol–water partition coefficient (Wildman–Crippen LogP) is 2.26. The second-order valence-electron chi connectivity index (χ2n) is 6.81. The molecule has 2 N–H and O–H groups in total. The lowest BCUT2D eigenvalue weighted by Crippen LogP contribution is -2.55. The fraction of sp³-hybridized carbons (Fsp3) is 0.824. The highest BCUT2D eigenvalue weighted by Crippen LogP contribution is 2.35. The van der Waals surface area contributed by atoms with Crippen molar-refractivity contribution >= 4 is 0 Å². The van der Waals surface area contributed by atoms with Gasteiger partial charge in [0, 0.05) is 44.6 Å². The topological polar surface area (TPSA) is 61.4 Å². The third kappa shape index (κ3) is 3.53. The second kappa shape index (κ2) is 7.11. The van der Waals surface area contributed by atoms with Gasteiger partial charge in [-0.2, -0.15) is 0 Å². The van der Waals surface area contributed by atoms with E-state index in [1.54, 1.807) is 0 Å². The number of unbranched alkanes of at least 4 members (excludes halogenated alkanes) is 1. The van der Waals surface area contributed by atoms with E-state index in [0.29, 0.717) is 0 Å². The molecule has 0 unspecified atom stereocenters. The van der Waals surface area contributed by atoms with Crippen molar-refractivity contribution in [1.29, 1.82) is 0 Å². The minimum Gasteiger partial charge on any atom is -0.390 e. The first-order chi connectivity index (χ1) is 10.7. The Kier molecular flexibility index (Phi) is 5.16. The minimum atomic E-state index is -0.281. The lowest BCUT2D eigenvalue weighted by atomic mass is 9.82. The summed E-state index contributed by atoms with van der Waals surface area (Å²) >= 11 is 0. The van der Waals surface area contributed by atoms with E-state index in [1.165, 1.54) is 18.5 Å². The third-order valence-corrected chi connectivity index (χ3v) is 5.16. The Balaban J connectivity index is 1.50. The summed E-state index contributed by atoms with van der Waals surface area (Å²) in [4.78, 5) is 10.3. The molecule has 5 heteroatoms. The zero-order valence-electron chi connectivity index (χ0n) is 13.7. The van der Waals surface area contributed by atoms with Gasteiger partial charge in [-0.05, 0) is 32.1 Å². The quantitative estimate of drug-likeness (QED) is 0.876. The van der Waals surface area contributed by atoms with Gasteiger partial charge < -0.3 is 14.8 Å². The zero-order valence-corrected chi connectivity index (χ0v) is 13.7. The Bertz CT molecular complexity index is 466. The van der Waals surface area contributed by atoms with Gasteiger partial charge in [0.2, 0.25) is 0 Å². The summed E-state index contributed by atoms with van der Waals surface area (Å²) in [5.41, 5.74) is 0.932. The molecule has 22 heavy (non-hydrogen) atoms. The van der Waals surface area contributed by atoms with Crippen LogP contribution >= 0.6 is 0 Å². The van der Waals surface area contributed by atoms with Crippen molar-refractivity contribution in [1.82, 2.24) is 14.9 Å². The van der Waals surface area contributed by atoms with Crippen molar-refractivity contribution < 1.29 is 9.84 Å². The van der Waals surface area contributed by atoms with Crippen molar-refractivity contribution in [3.8, 4) is 0 Å². The van der Waals surface area contributed by atoms with Crippen molar-refractivity contribution in [2.75, 3.05) is 19.7 Å². The van der Waals surface area contributed by atoms with Crippen molar-refractivity contribution in [2.24, 2.45) is 0 Å². The molecule has 3 heterocycles. The normalized spacial score (nSPS) is 25.6. The molecule has 1 aromatic heterocycles. The van der Waals surface area contributed by atoms with E-state index in [1.807, 2.05) is 6.20 Å². The summed E-state index contributed by atoms with van der Waals surface area (Å²) in [5.74, 6) is 1.11. The number of aryl methyl sites for hydroxylation is 1. The molecule has 0 saturated carbocycles. The smallest absolute Gasteiger partial charge is 0.106 e. The van der Waals surface area contributed by atoms with Gasteiger partial charge in [-0.25, -0.2) is 4.98 Å². The number of aliphatic hydroxyl groups is 1. The van der Waals surface area contributed by atoms with Gasteiger partial charge in [0.15, 0.2) is 0 Å². The predicted molar refractivity (Wildman–Crippen MR) is 85.6 cm³/mol. The number of hydrogen-bond donors (Lipinski definition) is 2. The van der Waals surface area contributed by atoms with Crippen LogP contribution in [0.4, 0.5) is 0 Å². The Morgan fingerprint density at radius 3 is 3.00 bits per heavy atom. The van der Waals surface area contributed by atoms with E-state index >= 15 is 0 Å². The van der Waals surface area contributed by atoms with Gasteiger partial charge in [0.1, 0.15) is 5.82 Å². The molecule has 2 fully saturated rings. The van der Waals surface area contributed by atoms with Crippen LogP contribution in [-0.4, -0.2) is 51.4 Å². The number of aliphatic hydroxyl groups excluding tert-OH is 1. The first kappa shape index (κ1) is 16.0. The molecule has 2 saturated heterocycles. The molecule has 1 aromatic rings. The lowest BCUT2D eigenvalue weighted by molar-refractivity contribution is -0.177. The Morgan fingerprint density at radius 1 is 1.45 bits per heavy atom. The number of H-pyrrole nitrogens is 1. The van der Waals surface area contributed by atoms with E-state index in [0.717, 1.165) is 64.2 Å². The molecule has 0 aliphatic carbocycles. The van der Waals surface area contributed by atoms with Crippen molar-refractivity contribution in [3.63, 3.8) is 0 Å². The Labute approximate surface area is 133 Å². The van der Waals surface area contributed by atoms with E-state index < -0.39 is 0 Å². The van der Waals surface area contributed by atoms with E-state index in [4.69, 9.17) is 4.74 Å². The molecule has 124 valence electrons. The van der Waals surface area contributed by atoms with Gasteiger partial charge >= 0.3 is 0 Å². The number of hydrogen-bond acceptors (Lipinski definition) is 4. The van der Waals surface area contributed by atoms with Crippen LogP contribution < -0.4 is 0 Å².